The molecule has 0 spiro atoms. The van der Waals surface area contributed by atoms with E-state index in [2.05, 4.69) is 32.6 Å². The Morgan fingerprint density at radius 1 is 0.373 bits per heavy atom. The van der Waals surface area contributed by atoms with Crippen LogP contribution in [0.3, 0.4) is 0 Å². The fourth-order valence-electron chi connectivity index (χ4n) is 7.24. The summed E-state index contributed by atoms with van der Waals surface area (Å²) in [6, 6.07) is 0. The molecule has 0 aromatic carbocycles. The summed E-state index contributed by atoms with van der Waals surface area (Å²) in [4.78, 5) is 52.5. The average molecular weight is 839 g/mol. The molecule has 0 bridgehead atoms. The number of rotatable bonds is 45. The van der Waals surface area contributed by atoms with E-state index < -0.39 is 0 Å². The molecule has 10 heteroatoms. The monoisotopic (exact) mass is 839 g/mol. The smallest absolute Gasteiger partial charge is 0.305 e. The molecule has 59 heavy (non-hydrogen) atoms. The molecule has 0 rings (SSSR count). The van der Waals surface area contributed by atoms with Crippen molar-refractivity contribution in [3.8, 4) is 0 Å². The van der Waals surface area contributed by atoms with E-state index in [1.54, 1.807) is 0 Å². The Morgan fingerprint density at radius 2 is 0.644 bits per heavy atom. The number of carbonyl (C=O) groups is 4. The number of hydrogen-bond donors (Lipinski definition) is 1. The second-order valence-electron chi connectivity index (χ2n) is 17.1. The van der Waals surface area contributed by atoms with Crippen LogP contribution in [0.25, 0.3) is 0 Å². The van der Waals surface area contributed by atoms with Crippen LogP contribution in [-0.4, -0.2) is 81.4 Å². The van der Waals surface area contributed by atoms with Gasteiger partial charge in [-0.1, -0.05) is 143 Å². The molecule has 0 amide bonds. The van der Waals surface area contributed by atoms with Crippen molar-refractivity contribution in [2.45, 2.75) is 227 Å². The number of hydrogen-bond acceptors (Lipinski definition) is 10. The van der Waals surface area contributed by atoms with Gasteiger partial charge in [-0.2, -0.15) is 0 Å². The van der Waals surface area contributed by atoms with Crippen molar-refractivity contribution in [2.24, 2.45) is 17.6 Å². The van der Waals surface area contributed by atoms with Gasteiger partial charge in [0, 0.05) is 37.5 Å². The summed E-state index contributed by atoms with van der Waals surface area (Å²) in [5.74, 6) is -0.649. The van der Waals surface area contributed by atoms with Crippen LogP contribution in [0, 0.1) is 11.8 Å². The summed E-state index contributed by atoms with van der Waals surface area (Å²) in [6.07, 6.45) is 29.9. The fourth-order valence-corrected chi connectivity index (χ4v) is 7.24. The molecular formula is C49H94N2O8. The third-order valence-electron chi connectivity index (χ3n) is 11.2. The van der Waals surface area contributed by atoms with Crippen molar-refractivity contribution >= 4 is 23.9 Å². The summed E-state index contributed by atoms with van der Waals surface area (Å²) in [6.45, 7) is 13.3. The molecule has 0 radical (unpaired) electrons. The lowest BCUT2D eigenvalue weighted by Crippen LogP contribution is -2.29. The molecule has 0 unspecified atom stereocenters. The molecule has 10 nitrogen and oxygen atoms in total. The molecule has 0 aliphatic carbocycles. The molecular weight excluding hydrogens is 745 g/mol. The topological polar surface area (TPSA) is 134 Å². The first-order valence-corrected chi connectivity index (χ1v) is 24.8. The lowest BCUT2D eigenvalue weighted by molar-refractivity contribution is -0.151. The number of nitrogens with two attached hydrogens (primary N) is 1. The molecule has 348 valence electrons. The summed E-state index contributed by atoms with van der Waals surface area (Å²) in [7, 11) is 0. The van der Waals surface area contributed by atoms with Crippen molar-refractivity contribution < 1.29 is 38.1 Å². The highest BCUT2D eigenvalue weighted by atomic mass is 16.6. The first-order chi connectivity index (χ1) is 28.8. The number of esters is 4. The van der Waals surface area contributed by atoms with Crippen LogP contribution >= 0.6 is 0 Å². The third-order valence-corrected chi connectivity index (χ3v) is 11.2. The first kappa shape index (κ1) is 56.8. The minimum atomic E-state index is -0.157. The second kappa shape index (κ2) is 43.9. The predicted molar refractivity (Wildman–Crippen MR) is 242 cm³/mol. The van der Waals surface area contributed by atoms with Gasteiger partial charge in [0.1, 0.15) is 0 Å². The maximum absolute atomic E-state index is 12.5. The van der Waals surface area contributed by atoms with Crippen molar-refractivity contribution in [3.05, 3.63) is 0 Å². The highest BCUT2D eigenvalue weighted by molar-refractivity contribution is 5.70. The summed E-state index contributed by atoms with van der Waals surface area (Å²) in [5, 5.41) is 0. The van der Waals surface area contributed by atoms with E-state index in [0.717, 1.165) is 142 Å². The molecule has 0 aliphatic heterocycles. The Hall–Kier alpha value is -2.20. The fraction of sp³-hybridized carbons (Fsp3) is 0.918. The Bertz CT molecular complexity index is 848. The molecule has 0 heterocycles. The van der Waals surface area contributed by atoms with Crippen LogP contribution < -0.4 is 5.73 Å². The molecule has 2 N–H and O–H groups in total. The zero-order valence-corrected chi connectivity index (χ0v) is 39.0. The predicted octanol–water partition coefficient (Wildman–Crippen LogP) is 11.8. The highest BCUT2D eigenvalue weighted by Crippen LogP contribution is 2.17. The van der Waals surface area contributed by atoms with Gasteiger partial charge >= 0.3 is 23.9 Å². The number of ether oxygens (including phenoxy) is 4. The second-order valence-corrected chi connectivity index (χ2v) is 17.1. The SMILES string of the molecule is CCCCCCCC(=O)OCC(CCCCN(CCCN)CCCCC(COC(=O)CCCCCCC)COC(=O)CCCCCCC)COC(=O)CCCCCCC. The van der Waals surface area contributed by atoms with Crippen molar-refractivity contribution in [3.63, 3.8) is 0 Å². The standard InChI is InChI=1S/C49H94N2O8/c1-5-9-13-17-21-32-46(52)56-40-44(41-57-47(53)33-22-18-14-10-6-2)30-25-27-37-51(39-29-36-50)38-28-26-31-45(42-58-48(54)34-23-19-15-11-7-3)43-59-49(55)35-24-20-16-12-8-4/h44-45H,5-43,50H2,1-4H3. The molecule has 0 atom stereocenters. The van der Waals surface area contributed by atoms with Gasteiger partial charge in [0.25, 0.3) is 0 Å². The lowest BCUT2D eigenvalue weighted by atomic mass is 10.0. The quantitative estimate of drug-likeness (QED) is 0.0359. The number of nitrogens with zero attached hydrogens (tertiary/aromatic N) is 1. The Labute approximate surface area is 362 Å². The lowest BCUT2D eigenvalue weighted by Gasteiger charge is -2.23. The van der Waals surface area contributed by atoms with E-state index in [1.165, 1.54) is 51.4 Å². The van der Waals surface area contributed by atoms with E-state index in [1.807, 2.05) is 0 Å². The van der Waals surface area contributed by atoms with Crippen LogP contribution in [0.1, 0.15) is 227 Å². The highest BCUT2D eigenvalue weighted by Gasteiger charge is 2.18. The largest absolute Gasteiger partial charge is 0.465 e. The van der Waals surface area contributed by atoms with Crippen LogP contribution in [0.2, 0.25) is 0 Å². The van der Waals surface area contributed by atoms with Crippen LogP contribution in [0.5, 0.6) is 0 Å². The normalized spacial score (nSPS) is 11.5. The molecule has 0 aromatic rings. The summed E-state index contributed by atoms with van der Waals surface area (Å²) < 4.78 is 22.8. The van der Waals surface area contributed by atoms with Gasteiger partial charge in [0.15, 0.2) is 0 Å². The number of carbonyl (C=O) groups excluding carboxylic acids is 4. The minimum Gasteiger partial charge on any atom is -0.465 e. The maximum Gasteiger partial charge on any atom is 0.305 e. The summed E-state index contributed by atoms with van der Waals surface area (Å²) in [5.41, 5.74) is 5.91. The van der Waals surface area contributed by atoms with Gasteiger partial charge < -0.3 is 29.6 Å². The molecule has 0 aromatic heterocycles. The maximum atomic E-state index is 12.5. The van der Waals surface area contributed by atoms with Gasteiger partial charge in [0.2, 0.25) is 0 Å². The van der Waals surface area contributed by atoms with E-state index in [4.69, 9.17) is 24.7 Å². The molecule has 0 saturated heterocycles. The van der Waals surface area contributed by atoms with Gasteiger partial charge in [-0.15, -0.1) is 0 Å². The van der Waals surface area contributed by atoms with Gasteiger partial charge in [0.05, 0.1) is 26.4 Å². The molecule has 0 fully saturated rings. The minimum absolute atomic E-state index is 0.0113. The van der Waals surface area contributed by atoms with Crippen molar-refractivity contribution in [2.75, 3.05) is 52.6 Å². The van der Waals surface area contributed by atoms with Gasteiger partial charge in [-0.05, 0) is 84.0 Å². The van der Waals surface area contributed by atoms with Crippen molar-refractivity contribution in [1.29, 1.82) is 0 Å². The van der Waals surface area contributed by atoms with E-state index in [-0.39, 0.29) is 62.1 Å². The Balaban J connectivity index is 5.04. The first-order valence-electron chi connectivity index (χ1n) is 24.8. The Kier molecular flexibility index (Phi) is 42.2. The average Bonchev–Trinajstić information content (AvgIpc) is 3.23. The van der Waals surface area contributed by atoms with Crippen LogP contribution in [-0.2, 0) is 38.1 Å². The van der Waals surface area contributed by atoms with Gasteiger partial charge in [-0.3, -0.25) is 19.2 Å². The Morgan fingerprint density at radius 3 is 0.915 bits per heavy atom. The van der Waals surface area contributed by atoms with E-state index in [9.17, 15) is 19.2 Å². The van der Waals surface area contributed by atoms with E-state index >= 15 is 0 Å². The van der Waals surface area contributed by atoms with Crippen molar-refractivity contribution in [1.82, 2.24) is 4.90 Å². The third kappa shape index (κ3) is 39.7. The van der Waals surface area contributed by atoms with E-state index in [0.29, 0.717) is 32.2 Å². The zero-order valence-electron chi connectivity index (χ0n) is 39.0. The molecule has 0 saturated carbocycles. The number of unbranched alkanes of at least 4 members (excludes halogenated alkanes) is 18. The summed E-state index contributed by atoms with van der Waals surface area (Å²) >= 11 is 0. The van der Waals surface area contributed by atoms with Gasteiger partial charge in [-0.25, -0.2) is 0 Å². The molecule has 0 aliphatic rings. The van der Waals surface area contributed by atoms with Crippen LogP contribution in [0.15, 0.2) is 0 Å². The van der Waals surface area contributed by atoms with Crippen LogP contribution in [0.4, 0.5) is 0 Å². The zero-order chi connectivity index (χ0) is 43.4.